The lowest BCUT2D eigenvalue weighted by molar-refractivity contribution is -0.127. The number of carbonyl (C=O) groups is 1. The zero-order valence-electron chi connectivity index (χ0n) is 23.2. The summed E-state index contributed by atoms with van der Waals surface area (Å²) in [4.78, 5) is 34.4. The van der Waals surface area contributed by atoms with Crippen LogP contribution < -0.4 is 15.0 Å². The molecule has 0 bridgehead atoms. The van der Waals surface area contributed by atoms with E-state index in [4.69, 9.17) is 9.72 Å². The van der Waals surface area contributed by atoms with Crippen LogP contribution in [-0.4, -0.2) is 71.4 Å². The molecule has 1 fully saturated rings. The quantitative estimate of drug-likeness (QED) is 0.308. The Balaban J connectivity index is 1.22. The Labute approximate surface area is 236 Å². The number of nitrogens with one attached hydrogen (secondary N) is 1. The van der Waals surface area contributed by atoms with Crippen molar-refractivity contribution in [2.75, 3.05) is 29.9 Å². The topological polar surface area (TPSA) is 127 Å². The van der Waals surface area contributed by atoms with E-state index in [2.05, 4.69) is 49.0 Å². The lowest BCUT2D eigenvalue weighted by Gasteiger charge is -2.25. The second-order valence-corrected chi connectivity index (χ2v) is 10.1. The predicted octanol–water partition coefficient (Wildman–Crippen LogP) is 4.16. The summed E-state index contributed by atoms with van der Waals surface area (Å²) >= 11 is 0. The summed E-state index contributed by atoms with van der Waals surface area (Å²) in [6.45, 7) is 9.60. The summed E-state index contributed by atoms with van der Waals surface area (Å²) in [5.74, 6) is 2.52. The number of hydrogen-bond donors (Lipinski definition) is 1. The highest BCUT2D eigenvalue weighted by Crippen LogP contribution is 2.31. The fourth-order valence-electron chi connectivity index (χ4n) is 4.98. The third-order valence-electron chi connectivity index (χ3n) is 7.31. The van der Waals surface area contributed by atoms with E-state index in [-0.39, 0.29) is 11.9 Å². The van der Waals surface area contributed by atoms with Gasteiger partial charge in [-0.05, 0) is 62.2 Å². The van der Waals surface area contributed by atoms with Gasteiger partial charge in [-0.25, -0.2) is 24.6 Å². The molecule has 1 aliphatic heterocycles. The Kier molecular flexibility index (Phi) is 6.88. The molecule has 0 radical (unpaired) electrons. The van der Waals surface area contributed by atoms with Gasteiger partial charge in [-0.1, -0.05) is 11.8 Å². The Hall–Kier alpha value is -5.13. The first-order chi connectivity index (χ1) is 19.9. The first kappa shape index (κ1) is 26.1. The summed E-state index contributed by atoms with van der Waals surface area (Å²) in [6, 6.07) is 11.7. The monoisotopic (exact) mass is 550 g/mol. The molecular formula is C29H30N10O2. The molecule has 12 heteroatoms. The van der Waals surface area contributed by atoms with Crippen LogP contribution in [0.5, 0.6) is 11.5 Å². The van der Waals surface area contributed by atoms with Crippen molar-refractivity contribution in [1.82, 2.24) is 39.8 Å². The van der Waals surface area contributed by atoms with Crippen LogP contribution in [0.15, 0.2) is 61.6 Å². The van der Waals surface area contributed by atoms with E-state index >= 15 is 0 Å². The van der Waals surface area contributed by atoms with Gasteiger partial charge in [0.15, 0.2) is 5.82 Å². The van der Waals surface area contributed by atoms with Crippen molar-refractivity contribution in [3.63, 3.8) is 0 Å². The van der Waals surface area contributed by atoms with Gasteiger partial charge in [0.05, 0.1) is 11.7 Å². The maximum Gasteiger partial charge on any atom is 0.246 e. The molecule has 0 saturated carbocycles. The molecule has 0 aliphatic carbocycles. The Morgan fingerprint density at radius 1 is 1.10 bits per heavy atom. The molecule has 6 rings (SSSR count). The molecule has 41 heavy (non-hydrogen) atoms. The number of hydrogen-bond acceptors (Lipinski definition) is 10. The minimum Gasteiger partial charge on any atom is -0.457 e. The zero-order chi connectivity index (χ0) is 28.5. The number of aryl methyl sites for hydroxylation is 2. The summed E-state index contributed by atoms with van der Waals surface area (Å²) in [7, 11) is 1.86. The number of amides is 1. The third kappa shape index (κ3) is 5.23. The van der Waals surface area contributed by atoms with Crippen molar-refractivity contribution in [2.24, 2.45) is 7.05 Å². The van der Waals surface area contributed by atoms with E-state index in [9.17, 15) is 4.79 Å². The smallest absolute Gasteiger partial charge is 0.246 e. The molecule has 0 unspecified atom stereocenters. The predicted molar refractivity (Wildman–Crippen MR) is 156 cm³/mol. The van der Waals surface area contributed by atoms with Crippen molar-refractivity contribution in [1.29, 1.82) is 0 Å². The standard InChI is InChI=1S/C29H30N10O2/c1-5-26(40)39-13-12-38(11-10-19(39)3)29-30-16-23-27(34-29)28(32-17-31-23)33-20-6-9-25(18(2)14-20)41-21-7-8-24-22(15-21)35-36-37(24)4/h5-9,14-17,19H,1,10-13H2,2-4H3,(H,31,32,33)/t19-/m0/s1. The fourth-order valence-corrected chi connectivity index (χ4v) is 4.98. The molecule has 12 nitrogen and oxygen atoms in total. The maximum atomic E-state index is 12.3. The van der Waals surface area contributed by atoms with E-state index in [1.54, 1.807) is 10.9 Å². The van der Waals surface area contributed by atoms with Gasteiger partial charge in [-0.2, -0.15) is 0 Å². The van der Waals surface area contributed by atoms with E-state index in [0.717, 1.165) is 41.0 Å². The second-order valence-electron chi connectivity index (χ2n) is 10.1. The number of anilines is 3. The van der Waals surface area contributed by atoms with E-state index in [0.29, 0.717) is 41.6 Å². The van der Waals surface area contributed by atoms with Gasteiger partial charge in [-0.3, -0.25) is 4.79 Å². The van der Waals surface area contributed by atoms with Crippen LogP contribution in [0.3, 0.4) is 0 Å². The van der Waals surface area contributed by atoms with Crippen LogP contribution in [0, 0.1) is 6.92 Å². The third-order valence-corrected chi connectivity index (χ3v) is 7.31. The number of nitrogens with zero attached hydrogens (tertiary/aromatic N) is 9. The molecule has 2 aromatic carbocycles. The number of benzene rings is 2. The summed E-state index contributed by atoms with van der Waals surface area (Å²) in [5, 5.41) is 11.6. The van der Waals surface area contributed by atoms with E-state index in [1.165, 1.54) is 12.4 Å². The van der Waals surface area contributed by atoms with Gasteiger partial charge < -0.3 is 19.9 Å². The number of fused-ring (bicyclic) bond motifs is 2. The average Bonchev–Trinajstić information content (AvgIpc) is 3.23. The number of aromatic nitrogens is 7. The van der Waals surface area contributed by atoms with Crippen molar-refractivity contribution in [3.8, 4) is 11.5 Å². The Morgan fingerprint density at radius 3 is 2.80 bits per heavy atom. The molecular weight excluding hydrogens is 520 g/mol. The lowest BCUT2D eigenvalue weighted by atomic mass is 10.2. The minimum atomic E-state index is -0.0584. The highest BCUT2D eigenvalue weighted by Gasteiger charge is 2.25. The molecule has 0 spiro atoms. The summed E-state index contributed by atoms with van der Waals surface area (Å²) < 4.78 is 7.87. The molecule has 1 saturated heterocycles. The van der Waals surface area contributed by atoms with Gasteiger partial charge in [-0.15, -0.1) is 5.10 Å². The highest BCUT2D eigenvalue weighted by atomic mass is 16.5. The van der Waals surface area contributed by atoms with Gasteiger partial charge in [0.25, 0.3) is 0 Å². The van der Waals surface area contributed by atoms with Crippen molar-refractivity contribution < 1.29 is 9.53 Å². The van der Waals surface area contributed by atoms with Crippen LogP contribution >= 0.6 is 0 Å². The van der Waals surface area contributed by atoms with Gasteiger partial charge in [0.2, 0.25) is 11.9 Å². The van der Waals surface area contributed by atoms with Crippen LogP contribution in [0.1, 0.15) is 18.9 Å². The summed E-state index contributed by atoms with van der Waals surface area (Å²) in [5.41, 5.74) is 4.74. The van der Waals surface area contributed by atoms with Crippen LogP contribution in [-0.2, 0) is 11.8 Å². The van der Waals surface area contributed by atoms with Crippen LogP contribution in [0.4, 0.5) is 17.5 Å². The normalized spacial score (nSPS) is 15.6. The van der Waals surface area contributed by atoms with Crippen LogP contribution in [0.25, 0.3) is 22.1 Å². The molecule has 1 atom stereocenters. The number of carbonyl (C=O) groups excluding carboxylic acids is 1. The Bertz CT molecular complexity index is 1770. The van der Waals surface area contributed by atoms with Gasteiger partial charge >= 0.3 is 0 Å². The highest BCUT2D eigenvalue weighted by molar-refractivity contribution is 5.88. The molecule has 4 heterocycles. The molecule has 1 amide bonds. The largest absolute Gasteiger partial charge is 0.457 e. The lowest BCUT2D eigenvalue weighted by Crippen LogP contribution is -2.38. The van der Waals surface area contributed by atoms with Crippen molar-refractivity contribution in [3.05, 3.63) is 67.1 Å². The van der Waals surface area contributed by atoms with Gasteiger partial charge in [0.1, 0.15) is 34.4 Å². The van der Waals surface area contributed by atoms with Crippen molar-refractivity contribution in [2.45, 2.75) is 26.3 Å². The van der Waals surface area contributed by atoms with Crippen molar-refractivity contribution >= 4 is 45.4 Å². The molecule has 5 aromatic rings. The second kappa shape index (κ2) is 10.8. The average molecular weight is 551 g/mol. The minimum absolute atomic E-state index is 0.0584. The van der Waals surface area contributed by atoms with Gasteiger partial charge in [0, 0.05) is 44.5 Å². The molecule has 3 aromatic heterocycles. The number of ether oxygens (including phenoxy) is 1. The van der Waals surface area contributed by atoms with Crippen LogP contribution in [0.2, 0.25) is 0 Å². The molecule has 1 N–H and O–H groups in total. The zero-order valence-corrected chi connectivity index (χ0v) is 23.2. The summed E-state index contributed by atoms with van der Waals surface area (Å²) in [6.07, 6.45) is 5.37. The number of rotatable bonds is 6. The molecule has 208 valence electrons. The maximum absolute atomic E-state index is 12.3. The van der Waals surface area contributed by atoms with E-state index < -0.39 is 0 Å². The SMILES string of the molecule is C=CC(=O)N1CCN(c2ncc3ncnc(Nc4ccc(Oc5ccc6c(c5)nnn6C)c(C)c4)c3n2)CC[C@@H]1C. The first-order valence-electron chi connectivity index (χ1n) is 13.4. The molecule has 1 aliphatic rings. The first-order valence-corrected chi connectivity index (χ1v) is 13.4. The van der Waals surface area contributed by atoms with E-state index in [1.807, 2.05) is 55.3 Å². The fraction of sp³-hybridized carbons (Fsp3) is 0.276. The Morgan fingerprint density at radius 2 is 1.98 bits per heavy atom.